The van der Waals surface area contributed by atoms with Crippen LogP contribution in [-0.2, 0) is 9.53 Å². The van der Waals surface area contributed by atoms with Crippen LogP contribution in [0.15, 0.2) is 76.2 Å². The first-order valence-electron chi connectivity index (χ1n) is 9.69. The first-order chi connectivity index (χ1) is 16.5. The molecule has 1 unspecified atom stereocenters. The molecule has 3 aromatic carbocycles. The molecule has 4 N–H and O–H groups in total. The molecule has 1 aliphatic rings. The monoisotopic (exact) mass is 792 g/mol. The maximum absolute atomic E-state index is 13.1. The van der Waals surface area contributed by atoms with Gasteiger partial charge in [-0.15, -0.1) is 0 Å². The molecule has 0 bridgehead atoms. The Morgan fingerprint density at radius 1 is 0.771 bits per heavy atom. The van der Waals surface area contributed by atoms with Gasteiger partial charge in [-0.2, -0.15) is 0 Å². The van der Waals surface area contributed by atoms with E-state index < -0.39 is 12.1 Å². The summed E-state index contributed by atoms with van der Waals surface area (Å²) >= 11 is 16.4. The van der Waals surface area contributed by atoms with Crippen LogP contribution in [0.4, 0.5) is 0 Å². The van der Waals surface area contributed by atoms with Crippen LogP contribution >= 0.6 is 79.6 Å². The number of allylic oxidation sites excluding steroid dienone is 1. The number of esters is 1. The van der Waals surface area contributed by atoms with Crippen molar-refractivity contribution < 1.29 is 30.0 Å². The van der Waals surface area contributed by atoms with Crippen molar-refractivity contribution in [1.82, 2.24) is 0 Å². The van der Waals surface area contributed by atoms with E-state index >= 15 is 0 Å². The van der Waals surface area contributed by atoms with Crippen LogP contribution in [0.1, 0.15) is 22.8 Å². The van der Waals surface area contributed by atoms with Gasteiger partial charge in [0.15, 0.2) is 0 Å². The number of aromatic hydroxyl groups is 3. The molecule has 180 valence electrons. The third-order valence-corrected chi connectivity index (χ3v) is 8.19. The Kier molecular flexibility index (Phi) is 7.85. The van der Waals surface area contributed by atoms with Gasteiger partial charge < -0.3 is 25.2 Å². The van der Waals surface area contributed by atoms with Gasteiger partial charge in [0, 0.05) is 5.57 Å². The number of aliphatic hydroxyl groups excluding tert-OH is 1. The van der Waals surface area contributed by atoms with Crippen molar-refractivity contribution in [2.75, 3.05) is 0 Å². The molecule has 3 aromatic rings. The number of benzene rings is 3. The Labute approximate surface area is 241 Å². The van der Waals surface area contributed by atoms with Gasteiger partial charge in [-0.05, 0) is 139 Å². The molecule has 11 heteroatoms. The number of ether oxygens (including phenoxy) is 1. The molecule has 0 saturated carbocycles. The summed E-state index contributed by atoms with van der Waals surface area (Å²) in [7, 11) is 0. The van der Waals surface area contributed by atoms with Crippen molar-refractivity contribution >= 4 is 97.3 Å². The Hall–Kier alpha value is -1.63. The van der Waals surface area contributed by atoms with Crippen LogP contribution in [0.2, 0.25) is 0 Å². The summed E-state index contributed by atoms with van der Waals surface area (Å²) in [6.07, 6.45) is 0.198. The normalized spacial score (nSPS) is 15.6. The maximum atomic E-state index is 13.1. The van der Waals surface area contributed by atoms with E-state index in [1.807, 2.05) is 0 Å². The van der Waals surface area contributed by atoms with Crippen LogP contribution in [0.25, 0.3) is 11.6 Å². The second-order valence-corrected chi connectivity index (χ2v) is 11.7. The van der Waals surface area contributed by atoms with Crippen molar-refractivity contribution in [1.29, 1.82) is 0 Å². The highest BCUT2D eigenvalue weighted by Gasteiger charge is 2.37. The van der Waals surface area contributed by atoms with Gasteiger partial charge in [0.25, 0.3) is 0 Å². The summed E-state index contributed by atoms with van der Waals surface area (Å²) < 4.78 is 7.44. The number of cyclic esters (lactones) is 1. The largest absolute Gasteiger partial charge is 0.507 e. The van der Waals surface area contributed by atoms with Crippen molar-refractivity contribution in [2.45, 2.75) is 6.10 Å². The molecule has 0 saturated heterocycles. The van der Waals surface area contributed by atoms with E-state index in [0.717, 1.165) is 0 Å². The average molecular weight is 797 g/mol. The average Bonchev–Trinajstić information content (AvgIpc) is 3.12. The molecule has 0 spiro atoms. The summed E-state index contributed by atoms with van der Waals surface area (Å²) in [5.41, 5.74) is 1.73. The molecule has 1 atom stereocenters. The van der Waals surface area contributed by atoms with Crippen LogP contribution in [0, 0.1) is 0 Å². The van der Waals surface area contributed by atoms with Crippen molar-refractivity contribution in [2.24, 2.45) is 0 Å². The summed E-state index contributed by atoms with van der Waals surface area (Å²) in [6.45, 7) is 0. The lowest BCUT2D eigenvalue weighted by molar-refractivity contribution is -0.134. The molecule has 35 heavy (non-hydrogen) atoms. The summed E-state index contributed by atoms with van der Waals surface area (Å²) in [4.78, 5) is 13.1. The topological polar surface area (TPSA) is 107 Å². The van der Waals surface area contributed by atoms with Crippen molar-refractivity contribution in [3.05, 3.63) is 92.9 Å². The minimum absolute atomic E-state index is 0.0249. The molecule has 1 aliphatic heterocycles. The van der Waals surface area contributed by atoms with E-state index in [2.05, 4.69) is 79.6 Å². The van der Waals surface area contributed by atoms with Crippen LogP contribution in [-0.4, -0.2) is 26.4 Å². The summed E-state index contributed by atoms with van der Waals surface area (Å²) in [5, 5.41) is 41.4. The van der Waals surface area contributed by atoms with Gasteiger partial charge in [0.1, 0.15) is 29.1 Å². The quantitative estimate of drug-likeness (QED) is 0.202. The Balaban J connectivity index is 1.96. The summed E-state index contributed by atoms with van der Waals surface area (Å²) in [5.74, 6) is -0.604. The predicted octanol–water partition coefficient (Wildman–Crippen LogP) is 7.70. The Morgan fingerprint density at radius 3 is 1.86 bits per heavy atom. The second kappa shape index (κ2) is 10.4. The highest BCUT2D eigenvalue weighted by Crippen LogP contribution is 2.46. The number of hydrogen-bond donors (Lipinski definition) is 4. The highest BCUT2D eigenvalue weighted by molar-refractivity contribution is 9.11. The zero-order valence-corrected chi connectivity index (χ0v) is 25.1. The number of rotatable bonds is 4. The third-order valence-electron chi connectivity index (χ3n) is 5.14. The number of carbonyl (C=O) groups is 1. The van der Waals surface area contributed by atoms with E-state index in [0.29, 0.717) is 44.6 Å². The Morgan fingerprint density at radius 2 is 1.31 bits per heavy atom. The number of hydrogen-bond acceptors (Lipinski definition) is 6. The molecule has 4 rings (SSSR count). The van der Waals surface area contributed by atoms with Crippen molar-refractivity contribution in [3.8, 4) is 17.2 Å². The molecule has 0 aromatic heterocycles. The maximum Gasteiger partial charge on any atom is 0.343 e. The van der Waals surface area contributed by atoms with Gasteiger partial charge in [-0.25, -0.2) is 4.79 Å². The first-order valence-corrected chi connectivity index (χ1v) is 13.7. The molecule has 0 fully saturated rings. The zero-order valence-electron chi connectivity index (χ0n) is 17.2. The molecular formula is C24H13Br5O6. The minimum Gasteiger partial charge on any atom is -0.507 e. The third kappa shape index (κ3) is 5.26. The number of phenolic OH excluding ortho intramolecular Hbond substituents is 3. The lowest BCUT2D eigenvalue weighted by atomic mass is 9.92. The van der Waals surface area contributed by atoms with Crippen LogP contribution in [0.5, 0.6) is 17.2 Å². The van der Waals surface area contributed by atoms with E-state index in [1.54, 1.807) is 30.3 Å². The SMILES string of the molecule is O=C1O/C(=C\c2ccc(O)c(Br)c2)C(c2cc(Br)c(O)c(Br)c2)=C1C(O)c1cc(Br)c(O)c(Br)c1. The fraction of sp³-hybridized carbons (Fsp3) is 0.0417. The van der Waals surface area contributed by atoms with E-state index in [1.165, 1.54) is 18.2 Å². The lowest BCUT2D eigenvalue weighted by Crippen LogP contribution is -2.10. The van der Waals surface area contributed by atoms with Gasteiger partial charge in [-0.3, -0.25) is 0 Å². The van der Waals surface area contributed by atoms with Gasteiger partial charge in [0.2, 0.25) is 0 Å². The van der Waals surface area contributed by atoms with Gasteiger partial charge >= 0.3 is 5.97 Å². The summed E-state index contributed by atoms with van der Waals surface area (Å²) in [6, 6.07) is 11.0. The number of phenols is 3. The van der Waals surface area contributed by atoms with Crippen molar-refractivity contribution in [3.63, 3.8) is 0 Å². The highest BCUT2D eigenvalue weighted by atomic mass is 79.9. The second-order valence-electron chi connectivity index (χ2n) is 7.42. The van der Waals surface area contributed by atoms with Crippen LogP contribution in [0.3, 0.4) is 0 Å². The van der Waals surface area contributed by atoms with Gasteiger partial charge in [0.05, 0.1) is 27.9 Å². The molecule has 0 radical (unpaired) electrons. The molecule has 1 heterocycles. The fourth-order valence-electron chi connectivity index (χ4n) is 3.47. The molecule has 0 aliphatic carbocycles. The Bertz CT molecular complexity index is 1400. The molecule has 6 nitrogen and oxygen atoms in total. The number of carbonyl (C=O) groups excluding carboxylic acids is 1. The lowest BCUT2D eigenvalue weighted by Gasteiger charge is -2.15. The van der Waals surface area contributed by atoms with E-state index in [9.17, 15) is 25.2 Å². The standard InChI is InChI=1S/C24H13Br5O6/c25-12-3-9(1-2-17(12)30)4-18-19(10-5-13(26)22(32)14(27)6-10)20(24(34)35-18)21(31)11-7-15(28)23(33)16(29)8-11/h1-8,21,30-33H/b18-4-. The van der Waals surface area contributed by atoms with Gasteiger partial charge in [-0.1, -0.05) is 6.07 Å². The fourth-order valence-corrected chi connectivity index (χ4v) is 6.28. The van der Waals surface area contributed by atoms with Crippen LogP contribution < -0.4 is 0 Å². The number of aliphatic hydroxyl groups is 1. The van der Waals surface area contributed by atoms with E-state index in [-0.39, 0.29) is 28.6 Å². The zero-order chi connectivity index (χ0) is 25.6. The smallest absolute Gasteiger partial charge is 0.343 e. The minimum atomic E-state index is -1.41. The first kappa shape index (κ1) is 26.4. The number of halogens is 5. The molecular weight excluding hydrogens is 784 g/mol. The van der Waals surface area contributed by atoms with E-state index in [4.69, 9.17) is 4.74 Å². The molecule has 0 amide bonds. The predicted molar refractivity (Wildman–Crippen MR) is 149 cm³/mol.